The van der Waals surface area contributed by atoms with Crippen molar-refractivity contribution in [2.24, 2.45) is 5.92 Å². The Hall–Kier alpha value is -0.860. The highest BCUT2D eigenvalue weighted by Crippen LogP contribution is 2.25. The zero-order chi connectivity index (χ0) is 14.7. The van der Waals surface area contributed by atoms with Crippen LogP contribution in [0.2, 0.25) is 0 Å². The van der Waals surface area contributed by atoms with Crippen LogP contribution in [0.25, 0.3) is 0 Å². The molecule has 0 saturated carbocycles. The molecule has 1 fully saturated rings. The Morgan fingerprint density at radius 2 is 1.80 bits per heavy atom. The van der Waals surface area contributed by atoms with E-state index in [1.54, 1.807) is 0 Å². The molecule has 0 radical (unpaired) electrons. The summed E-state index contributed by atoms with van der Waals surface area (Å²) < 4.78 is 0. The second-order valence-electron chi connectivity index (χ2n) is 6.75. The van der Waals surface area contributed by atoms with Gasteiger partial charge in [-0.1, -0.05) is 36.2 Å². The summed E-state index contributed by atoms with van der Waals surface area (Å²) in [7, 11) is 2.08. The summed E-state index contributed by atoms with van der Waals surface area (Å²) in [5.74, 6) is 0.836. The smallest absolute Gasteiger partial charge is 0.0447 e. The minimum atomic E-state index is 0.432. The predicted molar refractivity (Wildman–Crippen MR) is 87.1 cm³/mol. The van der Waals surface area contributed by atoms with Crippen molar-refractivity contribution in [3.8, 4) is 0 Å². The maximum Gasteiger partial charge on any atom is 0.0447 e. The van der Waals surface area contributed by atoms with Crippen LogP contribution in [0, 0.1) is 19.8 Å². The van der Waals surface area contributed by atoms with E-state index in [0.717, 1.165) is 12.5 Å². The van der Waals surface area contributed by atoms with E-state index in [0.29, 0.717) is 12.1 Å². The number of likely N-dealkylation sites (tertiary alicyclic amines) is 1. The molecule has 3 atom stereocenters. The largest absolute Gasteiger partial charge is 0.312 e. The molecule has 2 nitrogen and oxygen atoms in total. The number of hydrogen-bond acceptors (Lipinski definition) is 2. The average molecular weight is 274 g/mol. The molecule has 1 aliphatic rings. The first-order chi connectivity index (χ1) is 9.49. The van der Waals surface area contributed by atoms with Crippen LogP contribution in [0.3, 0.4) is 0 Å². The highest BCUT2D eigenvalue weighted by atomic mass is 15.2. The predicted octanol–water partition coefficient (Wildman–Crippen LogP) is 3.68. The average Bonchev–Trinajstić information content (AvgIpc) is 2.38. The van der Waals surface area contributed by atoms with Crippen molar-refractivity contribution >= 4 is 0 Å². The third kappa shape index (κ3) is 3.83. The fraction of sp³-hybridized carbons (Fsp3) is 0.667. The van der Waals surface area contributed by atoms with Crippen LogP contribution < -0.4 is 5.32 Å². The van der Waals surface area contributed by atoms with Crippen LogP contribution >= 0.6 is 0 Å². The van der Waals surface area contributed by atoms with Crippen molar-refractivity contribution in [1.82, 2.24) is 10.2 Å². The maximum atomic E-state index is 3.51. The van der Waals surface area contributed by atoms with Gasteiger partial charge >= 0.3 is 0 Å². The van der Waals surface area contributed by atoms with E-state index < -0.39 is 0 Å². The Kier molecular flexibility index (Phi) is 5.22. The molecule has 1 aromatic carbocycles. The van der Waals surface area contributed by atoms with Crippen molar-refractivity contribution in [3.63, 3.8) is 0 Å². The van der Waals surface area contributed by atoms with Gasteiger partial charge in [0.1, 0.15) is 0 Å². The first-order valence-corrected chi connectivity index (χ1v) is 7.99. The first kappa shape index (κ1) is 15.5. The first-order valence-electron chi connectivity index (χ1n) is 7.99. The number of benzene rings is 1. The van der Waals surface area contributed by atoms with Gasteiger partial charge in [-0.05, 0) is 52.1 Å². The van der Waals surface area contributed by atoms with E-state index in [4.69, 9.17) is 0 Å². The molecule has 0 aliphatic carbocycles. The van der Waals surface area contributed by atoms with E-state index in [2.05, 4.69) is 63.2 Å². The number of rotatable bonds is 4. The van der Waals surface area contributed by atoms with Crippen molar-refractivity contribution in [3.05, 3.63) is 34.9 Å². The van der Waals surface area contributed by atoms with Crippen LogP contribution in [0.4, 0.5) is 0 Å². The zero-order valence-electron chi connectivity index (χ0n) is 13.7. The highest BCUT2D eigenvalue weighted by Gasteiger charge is 2.25. The Morgan fingerprint density at radius 3 is 2.40 bits per heavy atom. The minimum absolute atomic E-state index is 0.432. The number of nitrogens with zero attached hydrogens (tertiary/aromatic N) is 1. The summed E-state index contributed by atoms with van der Waals surface area (Å²) in [5, 5.41) is 3.51. The molecule has 112 valence electrons. The van der Waals surface area contributed by atoms with Crippen molar-refractivity contribution < 1.29 is 0 Å². The van der Waals surface area contributed by atoms with Crippen molar-refractivity contribution in [2.45, 2.75) is 52.6 Å². The summed E-state index contributed by atoms with van der Waals surface area (Å²) >= 11 is 0. The van der Waals surface area contributed by atoms with Crippen LogP contribution in [0.15, 0.2) is 18.2 Å². The highest BCUT2D eigenvalue weighted by molar-refractivity contribution is 5.30. The lowest BCUT2D eigenvalue weighted by molar-refractivity contribution is 0.113. The lowest BCUT2D eigenvalue weighted by Crippen LogP contribution is -2.45. The van der Waals surface area contributed by atoms with Gasteiger partial charge in [-0.25, -0.2) is 0 Å². The number of likely N-dealkylation sites (N-methyl/N-ethyl adjacent to an activating group) is 1. The molecule has 1 aliphatic heterocycles. The van der Waals surface area contributed by atoms with Gasteiger partial charge in [-0.2, -0.15) is 0 Å². The fourth-order valence-electron chi connectivity index (χ4n) is 3.44. The summed E-state index contributed by atoms with van der Waals surface area (Å²) in [6.45, 7) is 11.5. The maximum absolute atomic E-state index is 3.51. The lowest BCUT2D eigenvalue weighted by atomic mass is 9.93. The molecule has 0 spiro atoms. The van der Waals surface area contributed by atoms with Gasteiger partial charge in [0.25, 0.3) is 0 Å². The standard InChI is InChI=1S/C18H30N2/c1-13-6-7-16(4)20(11-13)12-18(19-5)17-9-14(2)8-15(3)10-17/h8-10,13,16,18-19H,6-7,11-12H2,1-5H3. The molecule has 1 saturated heterocycles. The normalized spacial score (nSPS) is 25.6. The molecule has 2 heteroatoms. The van der Waals surface area contributed by atoms with E-state index in [-0.39, 0.29) is 0 Å². The molecule has 3 unspecified atom stereocenters. The molecular formula is C18H30N2. The topological polar surface area (TPSA) is 15.3 Å². The number of hydrogen-bond donors (Lipinski definition) is 1. The van der Waals surface area contributed by atoms with Crippen molar-refractivity contribution in [1.29, 1.82) is 0 Å². The SMILES string of the molecule is CNC(CN1CC(C)CCC1C)c1cc(C)cc(C)c1. The Labute approximate surface area is 124 Å². The van der Waals surface area contributed by atoms with E-state index in [9.17, 15) is 0 Å². The van der Waals surface area contributed by atoms with E-state index >= 15 is 0 Å². The second kappa shape index (κ2) is 6.73. The Balaban J connectivity index is 2.11. The van der Waals surface area contributed by atoms with Crippen LogP contribution in [0.1, 0.15) is 49.4 Å². The van der Waals surface area contributed by atoms with Gasteiger partial charge in [0.2, 0.25) is 0 Å². The number of aryl methyl sites for hydroxylation is 2. The molecular weight excluding hydrogens is 244 g/mol. The molecule has 0 bridgehead atoms. The molecule has 20 heavy (non-hydrogen) atoms. The third-order valence-corrected chi connectivity index (χ3v) is 4.66. The van der Waals surface area contributed by atoms with Gasteiger partial charge < -0.3 is 5.32 Å². The van der Waals surface area contributed by atoms with E-state index in [1.807, 2.05) is 0 Å². The molecule has 0 aromatic heterocycles. The van der Waals surface area contributed by atoms with Gasteiger partial charge in [-0.15, -0.1) is 0 Å². The molecule has 1 heterocycles. The summed E-state index contributed by atoms with van der Waals surface area (Å²) in [6, 6.07) is 8.05. The van der Waals surface area contributed by atoms with Gasteiger partial charge in [-0.3, -0.25) is 4.90 Å². The molecule has 1 N–H and O–H groups in total. The third-order valence-electron chi connectivity index (χ3n) is 4.66. The molecule has 1 aromatic rings. The monoisotopic (exact) mass is 274 g/mol. The summed E-state index contributed by atoms with van der Waals surface area (Å²) in [5.41, 5.74) is 4.15. The number of piperidine rings is 1. The second-order valence-corrected chi connectivity index (χ2v) is 6.75. The van der Waals surface area contributed by atoms with Crippen LogP contribution in [-0.4, -0.2) is 31.1 Å². The van der Waals surface area contributed by atoms with Gasteiger partial charge in [0.15, 0.2) is 0 Å². The Bertz CT molecular complexity index is 421. The lowest BCUT2D eigenvalue weighted by Gasteiger charge is -2.39. The zero-order valence-corrected chi connectivity index (χ0v) is 13.7. The Morgan fingerprint density at radius 1 is 1.15 bits per heavy atom. The van der Waals surface area contributed by atoms with Gasteiger partial charge in [0.05, 0.1) is 0 Å². The number of nitrogens with one attached hydrogen (secondary N) is 1. The molecule has 0 amide bonds. The van der Waals surface area contributed by atoms with Crippen LogP contribution in [0.5, 0.6) is 0 Å². The quantitative estimate of drug-likeness (QED) is 0.901. The van der Waals surface area contributed by atoms with E-state index in [1.165, 1.54) is 36.1 Å². The molecule has 2 rings (SSSR count). The fourth-order valence-corrected chi connectivity index (χ4v) is 3.44. The minimum Gasteiger partial charge on any atom is -0.312 e. The summed E-state index contributed by atoms with van der Waals surface area (Å²) in [4.78, 5) is 2.66. The summed E-state index contributed by atoms with van der Waals surface area (Å²) in [6.07, 6.45) is 2.72. The van der Waals surface area contributed by atoms with Gasteiger partial charge in [0, 0.05) is 25.2 Å². The van der Waals surface area contributed by atoms with Crippen LogP contribution in [-0.2, 0) is 0 Å². The van der Waals surface area contributed by atoms with Crippen molar-refractivity contribution in [2.75, 3.05) is 20.1 Å².